The van der Waals surface area contributed by atoms with Crippen LogP contribution in [0.1, 0.15) is 42.7 Å². The van der Waals surface area contributed by atoms with Crippen LogP contribution in [0.3, 0.4) is 0 Å². The predicted octanol–water partition coefficient (Wildman–Crippen LogP) is 2.57. The van der Waals surface area contributed by atoms with Gasteiger partial charge in [0.05, 0.1) is 18.8 Å². The number of ether oxygens (including phenoxy) is 1. The summed E-state index contributed by atoms with van der Waals surface area (Å²) in [5.41, 5.74) is 0.832. The van der Waals surface area contributed by atoms with Gasteiger partial charge < -0.3 is 14.6 Å². The third kappa shape index (κ3) is 2.64. The van der Waals surface area contributed by atoms with Crippen molar-refractivity contribution in [2.75, 3.05) is 18.1 Å². The molecule has 2 fully saturated rings. The van der Waals surface area contributed by atoms with Crippen LogP contribution in [0.2, 0.25) is 0 Å². The molecular formula is C21H22FN5O3. The number of nitrogens with one attached hydrogen (secondary N) is 1. The normalized spacial score (nSPS) is 24.1. The number of aromatic nitrogens is 4. The average Bonchev–Trinajstić information content (AvgIpc) is 3.10. The van der Waals surface area contributed by atoms with Crippen molar-refractivity contribution in [2.45, 2.75) is 26.8 Å². The van der Waals surface area contributed by atoms with Gasteiger partial charge in [0.1, 0.15) is 17.2 Å². The quantitative estimate of drug-likeness (QED) is 0.664. The number of carbonyl (C=O) groups excluding carboxylic acids is 1. The summed E-state index contributed by atoms with van der Waals surface area (Å²) in [6.45, 7) is 7.04. The molecule has 1 saturated carbocycles. The number of esters is 1. The molecule has 3 unspecified atom stereocenters. The Balaban J connectivity index is 1.60. The molecule has 3 aromatic rings. The number of hydrogen-bond donors (Lipinski definition) is 1. The van der Waals surface area contributed by atoms with Gasteiger partial charge in [-0.1, -0.05) is 13.8 Å². The lowest BCUT2D eigenvalue weighted by atomic mass is 9.96. The lowest BCUT2D eigenvalue weighted by molar-refractivity contribution is 0.0528. The van der Waals surface area contributed by atoms with Crippen LogP contribution in [0.5, 0.6) is 0 Å². The maximum Gasteiger partial charge on any atom is 0.343 e. The Labute approximate surface area is 171 Å². The zero-order chi connectivity index (χ0) is 21.2. The summed E-state index contributed by atoms with van der Waals surface area (Å²) >= 11 is 0. The van der Waals surface area contributed by atoms with Crippen molar-refractivity contribution < 1.29 is 13.9 Å². The van der Waals surface area contributed by atoms with Crippen LogP contribution < -0.4 is 10.5 Å². The number of fused-ring (bicyclic) bond motifs is 2. The predicted molar refractivity (Wildman–Crippen MR) is 107 cm³/mol. The van der Waals surface area contributed by atoms with E-state index in [9.17, 15) is 14.0 Å². The molecule has 0 spiro atoms. The molecule has 0 radical (unpaired) electrons. The van der Waals surface area contributed by atoms with Crippen molar-refractivity contribution in [3.05, 3.63) is 58.0 Å². The third-order valence-corrected chi connectivity index (χ3v) is 6.57. The molecule has 9 heteroatoms. The van der Waals surface area contributed by atoms with E-state index in [1.165, 1.54) is 16.8 Å². The number of piperidine rings is 1. The van der Waals surface area contributed by atoms with Crippen molar-refractivity contribution in [2.24, 2.45) is 17.3 Å². The Morgan fingerprint density at radius 2 is 2.23 bits per heavy atom. The van der Waals surface area contributed by atoms with Crippen LogP contribution in [-0.4, -0.2) is 38.7 Å². The highest BCUT2D eigenvalue weighted by atomic mass is 19.1. The molecule has 3 aromatic heterocycles. The van der Waals surface area contributed by atoms with Gasteiger partial charge in [-0.15, -0.1) is 0 Å². The van der Waals surface area contributed by atoms with E-state index in [-0.39, 0.29) is 35.1 Å². The van der Waals surface area contributed by atoms with Crippen molar-refractivity contribution in [3.8, 4) is 0 Å². The topological polar surface area (TPSA) is 92.6 Å². The second-order valence-electron chi connectivity index (χ2n) is 8.49. The smallest absolute Gasteiger partial charge is 0.343 e. The van der Waals surface area contributed by atoms with E-state index in [4.69, 9.17) is 4.74 Å². The van der Waals surface area contributed by atoms with Gasteiger partial charge in [-0.25, -0.2) is 18.7 Å². The van der Waals surface area contributed by atoms with Crippen LogP contribution in [-0.2, 0) is 4.74 Å². The molecule has 0 bridgehead atoms. The highest BCUT2D eigenvalue weighted by Gasteiger charge is 2.67. The van der Waals surface area contributed by atoms with Gasteiger partial charge in [0.25, 0.3) is 5.56 Å². The minimum atomic E-state index is -0.485. The van der Waals surface area contributed by atoms with Crippen LogP contribution in [0.25, 0.3) is 5.65 Å². The molecule has 30 heavy (non-hydrogen) atoms. The zero-order valence-electron chi connectivity index (χ0n) is 16.9. The van der Waals surface area contributed by atoms with Crippen molar-refractivity contribution in [1.82, 2.24) is 19.6 Å². The number of pyridine rings is 1. The highest BCUT2D eigenvalue weighted by Crippen LogP contribution is 2.69. The van der Waals surface area contributed by atoms with Gasteiger partial charge in [-0.05, 0) is 36.3 Å². The first-order valence-electron chi connectivity index (χ1n) is 9.99. The van der Waals surface area contributed by atoms with Crippen molar-refractivity contribution >= 4 is 17.4 Å². The molecule has 1 N–H and O–H groups in total. The molecule has 1 aliphatic heterocycles. The van der Waals surface area contributed by atoms with E-state index in [0.29, 0.717) is 29.5 Å². The maximum absolute atomic E-state index is 14.0. The molecule has 1 aliphatic carbocycles. The number of anilines is 1. The Kier molecular flexibility index (Phi) is 4.00. The molecule has 0 amide bonds. The van der Waals surface area contributed by atoms with E-state index in [0.717, 1.165) is 6.20 Å². The second-order valence-corrected chi connectivity index (χ2v) is 8.49. The van der Waals surface area contributed by atoms with Crippen LogP contribution in [0.15, 0.2) is 35.5 Å². The van der Waals surface area contributed by atoms with E-state index < -0.39 is 11.8 Å². The van der Waals surface area contributed by atoms with Gasteiger partial charge in [-0.2, -0.15) is 5.10 Å². The number of aromatic amines is 1. The standard InChI is InChI=1S/C21H22FN5O3/c1-4-30-20(29)13-9-24-27-6-5-15(25-18(13)27)26-10-14-16(21(14,2)3)17(26)12-7-11(22)8-23-19(12)28/h5-9,14,16-17H,4,10H2,1-3H3,(H,23,28). The molecule has 1 saturated heterocycles. The van der Waals surface area contributed by atoms with Gasteiger partial charge in [-0.3, -0.25) is 4.79 Å². The molecule has 3 atom stereocenters. The van der Waals surface area contributed by atoms with Crippen LogP contribution >= 0.6 is 0 Å². The molecule has 4 heterocycles. The molecule has 0 aromatic carbocycles. The first kappa shape index (κ1) is 18.8. The average molecular weight is 411 g/mol. The van der Waals surface area contributed by atoms with Crippen LogP contribution in [0, 0.1) is 23.1 Å². The summed E-state index contributed by atoms with van der Waals surface area (Å²) in [7, 11) is 0. The molecule has 8 nitrogen and oxygen atoms in total. The van der Waals surface area contributed by atoms with E-state index in [2.05, 4.69) is 28.9 Å². The summed E-state index contributed by atoms with van der Waals surface area (Å²) in [4.78, 5) is 34.0. The lowest BCUT2D eigenvalue weighted by Gasteiger charge is -2.31. The summed E-state index contributed by atoms with van der Waals surface area (Å²) < 4.78 is 20.6. The maximum atomic E-state index is 14.0. The number of halogens is 1. The Hall–Kier alpha value is -3.23. The largest absolute Gasteiger partial charge is 0.462 e. The lowest BCUT2D eigenvalue weighted by Crippen LogP contribution is -2.34. The van der Waals surface area contributed by atoms with E-state index >= 15 is 0 Å². The number of hydrogen-bond acceptors (Lipinski definition) is 6. The fourth-order valence-corrected chi connectivity index (χ4v) is 4.94. The van der Waals surface area contributed by atoms with Crippen molar-refractivity contribution in [3.63, 3.8) is 0 Å². The fraction of sp³-hybridized carbons (Fsp3) is 0.429. The number of carbonyl (C=O) groups is 1. The molecule has 5 rings (SSSR count). The second kappa shape index (κ2) is 6.38. The van der Waals surface area contributed by atoms with Gasteiger partial charge in [0.15, 0.2) is 5.65 Å². The fourth-order valence-electron chi connectivity index (χ4n) is 4.94. The van der Waals surface area contributed by atoms with Gasteiger partial charge in [0.2, 0.25) is 0 Å². The monoisotopic (exact) mass is 411 g/mol. The van der Waals surface area contributed by atoms with Gasteiger partial charge >= 0.3 is 5.97 Å². The summed E-state index contributed by atoms with van der Waals surface area (Å²) in [6.07, 6.45) is 4.23. The Bertz CT molecular complexity index is 1220. The summed E-state index contributed by atoms with van der Waals surface area (Å²) in [5.74, 6) is 0.242. The van der Waals surface area contributed by atoms with E-state index in [1.54, 1.807) is 19.2 Å². The molecule has 2 aliphatic rings. The van der Waals surface area contributed by atoms with Gasteiger partial charge in [0, 0.05) is 24.5 Å². The highest BCUT2D eigenvalue weighted by molar-refractivity contribution is 5.95. The molecule has 156 valence electrons. The minimum Gasteiger partial charge on any atom is -0.462 e. The van der Waals surface area contributed by atoms with E-state index in [1.807, 2.05) is 4.90 Å². The third-order valence-electron chi connectivity index (χ3n) is 6.57. The van der Waals surface area contributed by atoms with Crippen molar-refractivity contribution in [1.29, 1.82) is 0 Å². The number of nitrogens with zero attached hydrogens (tertiary/aromatic N) is 4. The Morgan fingerprint density at radius 1 is 1.43 bits per heavy atom. The zero-order valence-corrected chi connectivity index (χ0v) is 16.9. The number of H-pyrrole nitrogens is 1. The Morgan fingerprint density at radius 3 is 3.00 bits per heavy atom. The first-order chi connectivity index (χ1) is 14.3. The van der Waals surface area contributed by atoms with Crippen LogP contribution in [0.4, 0.5) is 10.2 Å². The SMILES string of the molecule is CCOC(=O)c1cnn2ccc(N3CC4C(C3c3cc(F)c[nH]c3=O)C4(C)C)nc12. The minimum absolute atomic E-state index is 0.0662. The summed E-state index contributed by atoms with van der Waals surface area (Å²) in [6, 6.07) is 2.82. The summed E-state index contributed by atoms with van der Waals surface area (Å²) in [5, 5.41) is 4.17. The first-order valence-corrected chi connectivity index (χ1v) is 9.99. The number of rotatable bonds is 4. The molecular weight excluding hydrogens is 389 g/mol.